The van der Waals surface area contributed by atoms with E-state index in [1.807, 2.05) is 71.6 Å². The summed E-state index contributed by atoms with van der Waals surface area (Å²) in [7, 11) is 1.66. The lowest BCUT2D eigenvalue weighted by Gasteiger charge is -2.38. The molecule has 0 spiro atoms. The molecule has 1 unspecified atom stereocenters. The first-order chi connectivity index (χ1) is 15.2. The van der Waals surface area contributed by atoms with E-state index in [0.29, 0.717) is 31.1 Å². The number of nitrogens with zero attached hydrogens (tertiary/aromatic N) is 1. The van der Waals surface area contributed by atoms with E-state index in [-0.39, 0.29) is 12.1 Å². The number of amides is 1. The first-order valence-electron chi connectivity index (χ1n) is 10.4. The average molecular weight is 416 g/mol. The minimum absolute atomic E-state index is 0.0164. The average Bonchev–Trinajstić information content (AvgIpc) is 2.83. The van der Waals surface area contributed by atoms with Crippen LogP contribution in [0.5, 0.6) is 17.2 Å². The maximum absolute atomic E-state index is 13.4. The molecule has 0 saturated heterocycles. The van der Waals surface area contributed by atoms with Crippen molar-refractivity contribution in [3.8, 4) is 17.2 Å². The van der Waals surface area contributed by atoms with Crippen molar-refractivity contribution in [2.24, 2.45) is 0 Å². The lowest BCUT2D eigenvalue weighted by molar-refractivity contribution is 0.0685. The van der Waals surface area contributed by atoms with Gasteiger partial charge < -0.3 is 24.4 Å². The second-order valence-corrected chi connectivity index (χ2v) is 7.59. The van der Waals surface area contributed by atoms with Crippen molar-refractivity contribution in [1.29, 1.82) is 0 Å². The summed E-state index contributed by atoms with van der Waals surface area (Å²) in [6.07, 6.45) is 0.442. The van der Waals surface area contributed by atoms with Gasteiger partial charge in [0.05, 0.1) is 12.7 Å². The van der Waals surface area contributed by atoms with Gasteiger partial charge in [0.1, 0.15) is 25.1 Å². The van der Waals surface area contributed by atoms with Gasteiger partial charge >= 0.3 is 0 Å². The zero-order valence-corrected chi connectivity index (χ0v) is 17.3. The van der Waals surface area contributed by atoms with Crippen LogP contribution in [0.4, 0.5) is 5.69 Å². The van der Waals surface area contributed by atoms with Gasteiger partial charge in [0.2, 0.25) is 0 Å². The summed E-state index contributed by atoms with van der Waals surface area (Å²) in [6.45, 7) is 1.65. The third kappa shape index (κ3) is 3.77. The standard InChI is InChI=1S/C25H24N2O4/c1-29-19-9-6-17(7-10-19)12-13-27-24(26-21-5-3-2-4-20(21)25(27)28)18-8-11-22-23(16-18)31-15-14-30-22/h2-11,16,24,26H,12-15H2,1H3. The van der Waals surface area contributed by atoms with Gasteiger partial charge in [0.25, 0.3) is 5.91 Å². The number of hydrogen-bond donors (Lipinski definition) is 1. The fourth-order valence-electron chi connectivity index (χ4n) is 4.06. The molecule has 1 N–H and O–H groups in total. The van der Waals surface area contributed by atoms with E-state index in [1.165, 1.54) is 0 Å². The number of rotatable bonds is 5. The summed E-state index contributed by atoms with van der Waals surface area (Å²) in [6, 6.07) is 21.5. The van der Waals surface area contributed by atoms with Gasteiger partial charge in [-0.3, -0.25) is 4.79 Å². The highest BCUT2D eigenvalue weighted by Gasteiger charge is 2.33. The number of carbonyl (C=O) groups excluding carboxylic acids is 1. The molecule has 6 nitrogen and oxygen atoms in total. The van der Waals surface area contributed by atoms with Gasteiger partial charge in [-0.1, -0.05) is 30.3 Å². The van der Waals surface area contributed by atoms with E-state index in [4.69, 9.17) is 14.2 Å². The molecule has 3 aromatic rings. The molecule has 0 bridgehead atoms. The highest BCUT2D eigenvalue weighted by atomic mass is 16.6. The van der Waals surface area contributed by atoms with Gasteiger partial charge in [-0.15, -0.1) is 0 Å². The Labute approximate surface area is 181 Å². The van der Waals surface area contributed by atoms with Gasteiger partial charge in [0.15, 0.2) is 11.5 Å². The van der Waals surface area contributed by atoms with Crippen molar-refractivity contribution in [3.05, 3.63) is 83.4 Å². The van der Waals surface area contributed by atoms with Gasteiger partial charge in [-0.2, -0.15) is 0 Å². The SMILES string of the molecule is COc1ccc(CCN2C(=O)c3ccccc3NC2c2ccc3c(c2)OCCO3)cc1. The predicted octanol–water partition coefficient (Wildman–Crippen LogP) is 4.28. The zero-order valence-electron chi connectivity index (χ0n) is 17.3. The molecule has 0 radical (unpaired) electrons. The Balaban J connectivity index is 1.45. The zero-order chi connectivity index (χ0) is 21.2. The fraction of sp³-hybridized carbons (Fsp3) is 0.240. The number of benzene rings is 3. The molecular formula is C25H24N2O4. The van der Waals surface area contributed by atoms with Crippen molar-refractivity contribution in [2.45, 2.75) is 12.6 Å². The fourth-order valence-corrected chi connectivity index (χ4v) is 4.06. The van der Waals surface area contributed by atoms with E-state index in [2.05, 4.69) is 5.32 Å². The van der Waals surface area contributed by atoms with Gasteiger partial charge in [-0.05, 0) is 53.9 Å². The Hall–Kier alpha value is -3.67. The molecular weight excluding hydrogens is 392 g/mol. The normalized spacial score (nSPS) is 17.0. The molecule has 0 aromatic heterocycles. The highest BCUT2D eigenvalue weighted by molar-refractivity contribution is 6.01. The van der Waals surface area contributed by atoms with E-state index in [0.717, 1.165) is 34.7 Å². The molecule has 2 heterocycles. The lowest BCUT2D eigenvalue weighted by Crippen LogP contribution is -2.44. The molecule has 5 rings (SSSR count). The van der Waals surface area contributed by atoms with Crippen LogP contribution in [-0.2, 0) is 6.42 Å². The summed E-state index contributed by atoms with van der Waals surface area (Å²) in [5, 5.41) is 3.54. The summed E-state index contributed by atoms with van der Waals surface area (Å²) < 4.78 is 16.7. The maximum Gasteiger partial charge on any atom is 0.257 e. The number of carbonyl (C=O) groups is 1. The molecule has 158 valence electrons. The Morgan fingerprint density at radius 3 is 2.58 bits per heavy atom. The van der Waals surface area contributed by atoms with E-state index >= 15 is 0 Å². The first-order valence-corrected chi connectivity index (χ1v) is 10.4. The molecule has 1 atom stereocenters. The van der Waals surface area contributed by atoms with Gasteiger partial charge in [0, 0.05) is 12.2 Å². The number of methoxy groups -OCH3 is 1. The second-order valence-electron chi connectivity index (χ2n) is 7.59. The molecule has 6 heteroatoms. The molecule has 2 aliphatic rings. The summed E-state index contributed by atoms with van der Waals surface area (Å²) in [5.74, 6) is 2.29. The van der Waals surface area contributed by atoms with Crippen molar-refractivity contribution < 1.29 is 19.0 Å². The Bertz CT molecular complexity index is 1100. The number of para-hydroxylation sites is 1. The van der Waals surface area contributed by atoms with E-state index in [9.17, 15) is 4.79 Å². The smallest absolute Gasteiger partial charge is 0.257 e. The van der Waals surface area contributed by atoms with E-state index in [1.54, 1.807) is 7.11 Å². The summed E-state index contributed by atoms with van der Waals surface area (Å²) in [4.78, 5) is 15.3. The third-order valence-corrected chi connectivity index (χ3v) is 5.70. The van der Waals surface area contributed by atoms with Crippen LogP contribution in [0.25, 0.3) is 0 Å². The van der Waals surface area contributed by atoms with Crippen molar-refractivity contribution in [3.63, 3.8) is 0 Å². The van der Waals surface area contributed by atoms with Crippen LogP contribution in [0.2, 0.25) is 0 Å². The second kappa shape index (κ2) is 8.22. The molecule has 3 aromatic carbocycles. The number of hydrogen-bond acceptors (Lipinski definition) is 5. The van der Waals surface area contributed by atoms with Crippen LogP contribution >= 0.6 is 0 Å². The van der Waals surface area contributed by atoms with E-state index < -0.39 is 0 Å². The monoisotopic (exact) mass is 416 g/mol. The van der Waals surface area contributed by atoms with Crippen molar-refractivity contribution in [2.75, 3.05) is 32.2 Å². The van der Waals surface area contributed by atoms with Crippen LogP contribution in [0, 0.1) is 0 Å². The highest BCUT2D eigenvalue weighted by Crippen LogP contribution is 2.38. The molecule has 0 saturated carbocycles. The quantitative estimate of drug-likeness (QED) is 0.673. The maximum atomic E-state index is 13.4. The van der Waals surface area contributed by atoms with Crippen LogP contribution in [-0.4, -0.2) is 37.7 Å². The first kappa shape index (κ1) is 19.3. The molecule has 0 fully saturated rings. The Morgan fingerprint density at radius 1 is 1.00 bits per heavy atom. The molecule has 31 heavy (non-hydrogen) atoms. The van der Waals surface area contributed by atoms with Crippen LogP contribution in [0.1, 0.15) is 27.7 Å². The van der Waals surface area contributed by atoms with Crippen LogP contribution < -0.4 is 19.5 Å². The lowest BCUT2D eigenvalue weighted by atomic mass is 10.0. The summed E-state index contributed by atoms with van der Waals surface area (Å²) >= 11 is 0. The molecule has 0 aliphatic carbocycles. The number of anilines is 1. The topological polar surface area (TPSA) is 60.0 Å². The third-order valence-electron chi connectivity index (χ3n) is 5.70. The Morgan fingerprint density at radius 2 is 1.77 bits per heavy atom. The molecule has 1 amide bonds. The Kier molecular flexibility index (Phi) is 5.12. The minimum Gasteiger partial charge on any atom is -0.497 e. The number of fused-ring (bicyclic) bond motifs is 2. The molecule has 2 aliphatic heterocycles. The van der Waals surface area contributed by atoms with Crippen molar-refractivity contribution in [1.82, 2.24) is 4.90 Å². The minimum atomic E-state index is -0.295. The van der Waals surface area contributed by atoms with Crippen molar-refractivity contribution >= 4 is 11.6 Å². The van der Waals surface area contributed by atoms with Crippen LogP contribution in [0.3, 0.4) is 0 Å². The largest absolute Gasteiger partial charge is 0.497 e. The summed E-state index contributed by atoms with van der Waals surface area (Å²) in [5.41, 5.74) is 3.63. The number of ether oxygens (including phenoxy) is 3. The van der Waals surface area contributed by atoms with Crippen LogP contribution in [0.15, 0.2) is 66.7 Å². The number of nitrogens with one attached hydrogen (secondary N) is 1. The predicted molar refractivity (Wildman–Crippen MR) is 118 cm³/mol. The van der Waals surface area contributed by atoms with Gasteiger partial charge in [-0.25, -0.2) is 0 Å².